The summed E-state index contributed by atoms with van der Waals surface area (Å²) in [7, 11) is 0. The second kappa shape index (κ2) is 8.55. The van der Waals surface area contributed by atoms with Crippen molar-refractivity contribution < 1.29 is 4.79 Å². The lowest BCUT2D eigenvalue weighted by Crippen LogP contribution is -2.44. The van der Waals surface area contributed by atoms with Crippen molar-refractivity contribution in [2.24, 2.45) is 5.92 Å². The highest BCUT2D eigenvalue weighted by Gasteiger charge is 2.26. The molecule has 0 spiro atoms. The van der Waals surface area contributed by atoms with Gasteiger partial charge in [-0.25, -0.2) is 0 Å². The molecular weight excluding hydrogens is 296 g/mol. The molecular formula is C21H32N2O. The number of nitrogens with zero attached hydrogens (tertiary/aromatic N) is 1. The van der Waals surface area contributed by atoms with Crippen LogP contribution in [0.25, 0.3) is 0 Å². The summed E-state index contributed by atoms with van der Waals surface area (Å²) in [6.07, 6.45) is 10.9. The monoisotopic (exact) mass is 328 g/mol. The number of amides is 1. The molecule has 24 heavy (non-hydrogen) atoms. The quantitative estimate of drug-likeness (QED) is 0.889. The molecule has 1 aromatic carbocycles. The van der Waals surface area contributed by atoms with Crippen LogP contribution in [0.1, 0.15) is 63.4 Å². The van der Waals surface area contributed by atoms with Crippen molar-refractivity contribution in [2.45, 2.75) is 70.8 Å². The van der Waals surface area contributed by atoms with E-state index in [-0.39, 0.29) is 5.92 Å². The van der Waals surface area contributed by atoms with Crippen molar-refractivity contribution in [3.63, 3.8) is 0 Å². The number of anilines is 1. The lowest BCUT2D eigenvalue weighted by Gasteiger charge is -2.34. The Hall–Kier alpha value is -1.51. The van der Waals surface area contributed by atoms with Crippen molar-refractivity contribution in [3.8, 4) is 0 Å². The minimum absolute atomic E-state index is 0.206. The van der Waals surface area contributed by atoms with Crippen LogP contribution in [0.3, 0.4) is 0 Å². The van der Waals surface area contributed by atoms with Crippen molar-refractivity contribution in [1.29, 1.82) is 0 Å². The van der Waals surface area contributed by atoms with Crippen LogP contribution in [-0.2, 0) is 4.79 Å². The van der Waals surface area contributed by atoms with Crippen LogP contribution in [-0.4, -0.2) is 25.0 Å². The Morgan fingerprint density at radius 2 is 1.50 bits per heavy atom. The molecule has 1 amide bonds. The normalized spacial score (nSPS) is 21.1. The summed E-state index contributed by atoms with van der Waals surface area (Å²) in [5.41, 5.74) is 2.59. The minimum Gasteiger partial charge on any atom is -0.371 e. The molecule has 1 aliphatic carbocycles. The van der Waals surface area contributed by atoms with Crippen molar-refractivity contribution in [2.75, 3.05) is 18.0 Å². The van der Waals surface area contributed by atoms with E-state index in [0.717, 1.165) is 25.9 Å². The minimum atomic E-state index is 0.206. The van der Waals surface area contributed by atoms with Gasteiger partial charge in [0.05, 0.1) is 0 Å². The topological polar surface area (TPSA) is 32.3 Å². The van der Waals surface area contributed by atoms with Gasteiger partial charge in [0.1, 0.15) is 0 Å². The van der Waals surface area contributed by atoms with Gasteiger partial charge in [0.15, 0.2) is 0 Å². The molecule has 0 radical (unpaired) electrons. The van der Waals surface area contributed by atoms with Crippen LogP contribution in [0.2, 0.25) is 0 Å². The maximum absolute atomic E-state index is 12.6. The van der Waals surface area contributed by atoms with Crippen molar-refractivity contribution >= 4 is 11.6 Å². The van der Waals surface area contributed by atoms with Gasteiger partial charge in [-0.3, -0.25) is 4.79 Å². The van der Waals surface area contributed by atoms with E-state index < -0.39 is 0 Å². The first-order valence-corrected chi connectivity index (χ1v) is 9.84. The molecule has 0 atom stereocenters. The molecule has 1 saturated heterocycles. The van der Waals surface area contributed by atoms with Gasteiger partial charge in [-0.05, 0) is 44.7 Å². The number of nitrogens with one attached hydrogen (secondary N) is 1. The average Bonchev–Trinajstić information content (AvgIpc) is 2.58. The van der Waals surface area contributed by atoms with E-state index in [0.29, 0.717) is 11.9 Å². The third kappa shape index (κ3) is 4.75. The second-order valence-electron chi connectivity index (χ2n) is 7.65. The van der Waals surface area contributed by atoms with Crippen LogP contribution >= 0.6 is 0 Å². The van der Waals surface area contributed by atoms with Crippen LogP contribution in [0.5, 0.6) is 0 Å². The molecule has 3 nitrogen and oxygen atoms in total. The highest BCUT2D eigenvalue weighted by molar-refractivity contribution is 5.79. The zero-order chi connectivity index (χ0) is 16.8. The van der Waals surface area contributed by atoms with Crippen LogP contribution in [0, 0.1) is 12.8 Å². The predicted octanol–water partition coefficient (Wildman–Crippen LogP) is 4.44. The van der Waals surface area contributed by atoms with E-state index in [4.69, 9.17) is 0 Å². The highest BCUT2D eigenvalue weighted by atomic mass is 16.1. The zero-order valence-corrected chi connectivity index (χ0v) is 15.1. The average molecular weight is 329 g/mol. The first-order chi connectivity index (χ1) is 11.7. The number of rotatable bonds is 3. The van der Waals surface area contributed by atoms with E-state index in [1.165, 1.54) is 56.2 Å². The number of carbonyl (C=O) groups is 1. The van der Waals surface area contributed by atoms with Gasteiger partial charge in [0.25, 0.3) is 0 Å². The molecule has 1 heterocycles. The fraction of sp³-hybridized carbons (Fsp3) is 0.667. The summed E-state index contributed by atoms with van der Waals surface area (Å²) in [6, 6.07) is 9.16. The number of hydrogen-bond donors (Lipinski definition) is 1. The van der Waals surface area contributed by atoms with Crippen LogP contribution in [0.4, 0.5) is 5.69 Å². The van der Waals surface area contributed by atoms with Crippen LogP contribution < -0.4 is 10.2 Å². The number of carbonyl (C=O) groups excluding carboxylic acids is 1. The Bertz CT molecular complexity index is 509. The molecule has 1 N–H and O–H groups in total. The van der Waals surface area contributed by atoms with Crippen molar-refractivity contribution in [1.82, 2.24) is 5.32 Å². The smallest absolute Gasteiger partial charge is 0.223 e. The van der Waals surface area contributed by atoms with E-state index in [1.54, 1.807) is 0 Å². The van der Waals surface area contributed by atoms with E-state index in [2.05, 4.69) is 41.4 Å². The molecule has 0 aromatic heterocycles. The fourth-order valence-electron chi connectivity index (χ4n) is 4.07. The van der Waals surface area contributed by atoms with Gasteiger partial charge >= 0.3 is 0 Å². The summed E-state index contributed by atoms with van der Waals surface area (Å²) in [4.78, 5) is 15.0. The maximum atomic E-state index is 12.6. The molecule has 1 aromatic rings. The number of benzene rings is 1. The second-order valence-corrected chi connectivity index (χ2v) is 7.65. The third-order valence-corrected chi connectivity index (χ3v) is 5.72. The van der Waals surface area contributed by atoms with E-state index >= 15 is 0 Å². The van der Waals surface area contributed by atoms with Crippen LogP contribution in [0.15, 0.2) is 24.3 Å². The third-order valence-electron chi connectivity index (χ3n) is 5.72. The lowest BCUT2D eigenvalue weighted by atomic mass is 9.93. The molecule has 132 valence electrons. The van der Waals surface area contributed by atoms with Gasteiger partial charge in [0, 0.05) is 30.7 Å². The molecule has 0 unspecified atom stereocenters. The maximum Gasteiger partial charge on any atom is 0.223 e. The molecule has 2 aliphatic rings. The largest absolute Gasteiger partial charge is 0.371 e. The molecule has 1 aliphatic heterocycles. The van der Waals surface area contributed by atoms with Crippen molar-refractivity contribution in [3.05, 3.63) is 29.8 Å². The van der Waals surface area contributed by atoms with E-state index in [9.17, 15) is 4.79 Å². The van der Waals surface area contributed by atoms with E-state index in [1.807, 2.05) is 0 Å². The summed E-state index contributed by atoms with van der Waals surface area (Å²) < 4.78 is 0. The number of hydrogen-bond acceptors (Lipinski definition) is 2. The van der Waals surface area contributed by atoms with Gasteiger partial charge in [0.2, 0.25) is 5.91 Å². The first-order valence-electron chi connectivity index (χ1n) is 9.84. The molecule has 1 saturated carbocycles. The standard InChI is InChI=1S/C21H32N2O/c1-17-9-11-20(12-10-17)23-15-13-18(14-16-23)21(24)22-19-7-5-3-2-4-6-8-19/h9-12,18-19H,2-8,13-16H2,1H3,(H,22,24). The number of aryl methyl sites for hydroxylation is 1. The molecule has 3 heteroatoms. The molecule has 0 bridgehead atoms. The summed E-state index contributed by atoms with van der Waals surface area (Å²) in [5, 5.41) is 3.36. The number of piperidine rings is 1. The van der Waals surface area contributed by atoms with Gasteiger partial charge in [-0.1, -0.05) is 49.8 Å². The Kier molecular flexibility index (Phi) is 6.17. The Morgan fingerprint density at radius 3 is 2.12 bits per heavy atom. The lowest BCUT2D eigenvalue weighted by molar-refractivity contribution is -0.126. The Balaban J connectivity index is 1.46. The molecule has 2 fully saturated rings. The van der Waals surface area contributed by atoms with Gasteiger partial charge in [-0.2, -0.15) is 0 Å². The zero-order valence-electron chi connectivity index (χ0n) is 15.1. The Morgan fingerprint density at radius 1 is 0.917 bits per heavy atom. The summed E-state index contributed by atoms with van der Waals surface area (Å²) >= 11 is 0. The van der Waals surface area contributed by atoms with Gasteiger partial charge < -0.3 is 10.2 Å². The van der Waals surface area contributed by atoms with Gasteiger partial charge in [-0.15, -0.1) is 0 Å². The summed E-state index contributed by atoms with van der Waals surface area (Å²) in [5.74, 6) is 0.515. The molecule has 3 rings (SSSR count). The SMILES string of the molecule is Cc1ccc(N2CCC(C(=O)NC3CCCCCCC3)CC2)cc1. The highest BCUT2D eigenvalue weighted by Crippen LogP contribution is 2.24. The summed E-state index contributed by atoms with van der Waals surface area (Å²) in [6.45, 7) is 4.10. The fourth-order valence-corrected chi connectivity index (χ4v) is 4.07. The Labute approximate surface area is 146 Å². The predicted molar refractivity (Wildman–Crippen MR) is 100 cm³/mol. The first kappa shape index (κ1) is 17.3.